The van der Waals surface area contributed by atoms with Crippen LogP contribution in [0.3, 0.4) is 0 Å². The lowest BCUT2D eigenvalue weighted by molar-refractivity contribution is 0.0953. The van der Waals surface area contributed by atoms with Crippen molar-refractivity contribution < 1.29 is 9.53 Å². The molecule has 0 aliphatic rings. The van der Waals surface area contributed by atoms with Crippen LogP contribution in [0, 0.1) is 13.8 Å². The standard InChI is InChI=1S/C22H24N4O2/c1-15-7-8-16(2)20(11-15)26-22-24-13-18(14-25-22)21(27)23-10-9-17-5-4-6-19(12-17)28-3/h4-8,11-14H,9-10H2,1-3H3,(H,23,27)(H,24,25,26). The van der Waals surface area contributed by atoms with Gasteiger partial charge in [-0.1, -0.05) is 24.3 Å². The van der Waals surface area contributed by atoms with E-state index < -0.39 is 0 Å². The molecule has 0 spiro atoms. The molecule has 28 heavy (non-hydrogen) atoms. The average Bonchev–Trinajstić information content (AvgIpc) is 2.71. The van der Waals surface area contributed by atoms with E-state index in [-0.39, 0.29) is 5.91 Å². The first-order valence-electron chi connectivity index (χ1n) is 9.12. The second-order valence-corrected chi connectivity index (χ2v) is 6.60. The molecule has 0 saturated heterocycles. The largest absolute Gasteiger partial charge is 0.497 e. The highest BCUT2D eigenvalue weighted by Crippen LogP contribution is 2.19. The fourth-order valence-corrected chi connectivity index (χ4v) is 2.75. The highest BCUT2D eigenvalue weighted by atomic mass is 16.5. The Hall–Kier alpha value is -3.41. The first kappa shape index (κ1) is 19.4. The summed E-state index contributed by atoms with van der Waals surface area (Å²) in [6.07, 6.45) is 3.78. The van der Waals surface area contributed by atoms with Gasteiger partial charge in [0.1, 0.15) is 5.75 Å². The van der Waals surface area contributed by atoms with Gasteiger partial charge in [0.05, 0.1) is 12.7 Å². The Morgan fingerprint density at radius 2 is 1.86 bits per heavy atom. The van der Waals surface area contributed by atoms with Gasteiger partial charge >= 0.3 is 0 Å². The van der Waals surface area contributed by atoms with Crippen molar-refractivity contribution in [1.82, 2.24) is 15.3 Å². The molecule has 0 unspecified atom stereocenters. The third-order valence-corrected chi connectivity index (χ3v) is 4.39. The summed E-state index contributed by atoms with van der Waals surface area (Å²) in [5.74, 6) is 1.08. The molecule has 144 valence electrons. The summed E-state index contributed by atoms with van der Waals surface area (Å²) < 4.78 is 5.21. The Balaban J connectivity index is 1.55. The Kier molecular flexibility index (Phi) is 6.22. The molecule has 0 aliphatic heterocycles. The Morgan fingerprint density at radius 1 is 1.07 bits per heavy atom. The summed E-state index contributed by atoms with van der Waals surface area (Å²) in [5, 5.41) is 6.08. The van der Waals surface area contributed by atoms with Crippen molar-refractivity contribution in [2.24, 2.45) is 0 Å². The van der Waals surface area contributed by atoms with Crippen LogP contribution < -0.4 is 15.4 Å². The van der Waals surface area contributed by atoms with Crippen LogP contribution in [0.2, 0.25) is 0 Å². The zero-order valence-corrected chi connectivity index (χ0v) is 16.3. The minimum Gasteiger partial charge on any atom is -0.497 e. The van der Waals surface area contributed by atoms with Crippen LogP contribution in [0.5, 0.6) is 5.75 Å². The first-order valence-corrected chi connectivity index (χ1v) is 9.12. The smallest absolute Gasteiger partial charge is 0.254 e. The number of nitrogens with zero attached hydrogens (tertiary/aromatic N) is 2. The molecule has 2 aromatic carbocycles. The van der Waals surface area contributed by atoms with Crippen LogP contribution in [0.4, 0.5) is 11.6 Å². The fourth-order valence-electron chi connectivity index (χ4n) is 2.75. The summed E-state index contributed by atoms with van der Waals surface area (Å²) in [6.45, 7) is 4.57. The Labute approximate surface area is 165 Å². The van der Waals surface area contributed by atoms with Gasteiger partial charge in [0.25, 0.3) is 5.91 Å². The second kappa shape index (κ2) is 8.99. The zero-order valence-electron chi connectivity index (χ0n) is 16.3. The van der Waals surface area contributed by atoms with Crippen LogP contribution >= 0.6 is 0 Å². The highest BCUT2D eigenvalue weighted by Gasteiger charge is 2.08. The number of ether oxygens (including phenoxy) is 1. The van der Waals surface area contributed by atoms with E-state index in [4.69, 9.17) is 4.74 Å². The number of hydrogen-bond donors (Lipinski definition) is 2. The molecule has 6 heteroatoms. The second-order valence-electron chi connectivity index (χ2n) is 6.60. The monoisotopic (exact) mass is 376 g/mol. The van der Waals surface area contributed by atoms with Crippen molar-refractivity contribution in [3.05, 3.63) is 77.1 Å². The van der Waals surface area contributed by atoms with Crippen molar-refractivity contribution in [1.29, 1.82) is 0 Å². The lowest BCUT2D eigenvalue weighted by Crippen LogP contribution is -2.26. The molecule has 0 fully saturated rings. The van der Waals surface area contributed by atoms with Crippen LogP contribution in [0.1, 0.15) is 27.0 Å². The number of carbonyl (C=O) groups excluding carboxylic acids is 1. The van der Waals surface area contributed by atoms with E-state index in [1.165, 1.54) is 12.4 Å². The number of aromatic nitrogens is 2. The van der Waals surface area contributed by atoms with E-state index in [2.05, 4.69) is 26.7 Å². The molecular weight excluding hydrogens is 352 g/mol. The van der Waals surface area contributed by atoms with Crippen LogP contribution in [0.25, 0.3) is 0 Å². The Bertz CT molecular complexity index is 955. The molecule has 3 rings (SSSR count). The van der Waals surface area contributed by atoms with E-state index in [9.17, 15) is 4.79 Å². The van der Waals surface area contributed by atoms with Crippen LogP contribution in [-0.4, -0.2) is 29.5 Å². The molecule has 2 N–H and O–H groups in total. The van der Waals surface area contributed by atoms with Gasteiger partial charge in [0.15, 0.2) is 0 Å². The summed E-state index contributed by atoms with van der Waals surface area (Å²) >= 11 is 0. The van der Waals surface area contributed by atoms with Gasteiger partial charge in [-0.2, -0.15) is 0 Å². The molecule has 0 saturated carbocycles. The van der Waals surface area contributed by atoms with E-state index in [0.29, 0.717) is 18.1 Å². The van der Waals surface area contributed by atoms with Gasteiger partial charge in [0, 0.05) is 24.6 Å². The number of benzene rings is 2. The van der Waals surface area contributed by atoms with E-state index in [0.717, 1.165) is 34.5 Å². The molecule has 0 aliphatic carbocycles. The third-order valence-electron chi connectivity index (χ3n) is 4.39. The third kappa shape index (κ3) is 5.07. The van der Waals surface area contributed by atoms with Gasteiger partial charge in [-0.05, 0) is 55.2 Å². The van der Waals surface area contributed by atoms with Gasteiger partial charge in [0.2, 0.25) is 5.95 Å². The lowest BCUT2D eigenvalue weighted by Gasteiger charge is -2.10. The lowest BCUT2D eigenvalue weighted by atomic mass is 10.1. The number of amides is 1. The molecule has 3 aromatic rings. The van der Waals surface area contributed by atoms with Crippen molar-refractivity contribution >= 4 is 17.5 Å². The molecule has 6 nitrogen and oxygen atoms in total. The molecule has 0 atom stereocenters. The number of rotatable bonds is 7. The Morgan fingerprint density at radius 3 is 2.61 bits per heavy atom. The minimum atomic E-state index is -0.193. The topological polar surface area (TPSA) is 76.1 Å². The van der Waals surface area contributed by atoms with Gasteiger partial charge in [-0.3, -0.25) is 4.79 Å². The van der Waals surface area contributed by atoms with Crippen molar-refractivity contribution in [3.63, 3.8) is 0 Å². The number of aryl methyl sites for hydroxylation is 2. The predicted molar refractivity (Wildman–Crippen MR) is 110 cm³/mol. The summed E-state index contributed by atoms with van der Waals surface area (Å²) in [5.41, 5.74) is 4.74. The van der Waals surface area contributed by atoms with E-state index in [1.807, 2.05) is 50.2 Å². The van der Waals surface area contributed by atoms with Gasteiger partial charge < -0.3 is 15.4 Å². The van der Waals surface area contributed by atoms with E-state index in [1.54, 1.807) is 7.11 Å². The molecule has 1 heterocycles. The normalized spacial score (nSPS) is 10.4. The number of nitrogens with one attached hydrogen (secondary N) is 2. The first-order chi connectivity index (χ1) is 13.5. The van der Waals surface area contributed by atoms with Crippen molar-refractivity contribution in [2.75, 3.05) is 19.0 Å². The van der Waals surface area contributed by atoms with E-state index >= 15 is 0 Å². The molecule has 0 bridgehead atoms. The maximum atomic E-state index is 12.3. The summed E-state index contributed by atoms with van der Waals surface area (Å²) in [7, 11) is 1.64. The van der Waals surface area contributed by atoms with Crippen molar-refractivity contribution in [2.45, 2.75) is 20.3 Å². The quantitative estimate of drug-likeness (QED) is 0.656. The molecule has 1 amide bonds. The highest BCUT2D eigenvalue weighted by molar-refractivity contribution is 5.93. The predicted octanol–water partition coefficient (Wildman–Crippen LogP) is 3.82. The fraction of sp³-hybridized carbons (Fsp3) is 0.227. The van der Waals surface area contributed by atoms with Crippen LogP contribution in [-0.2, 0) is 6.42 Å². The van der Waals surface area contributed by atoms with Crippen molar-refractivity contribution in [3.8, 4) is 5.75 Å². The summed E-state index contributed by atoms with van der Waals surface area (Å²) in [4.78, 5) is 20.8. The van der Waals surface area contributed by atoms with Gasteiger partial charge in [-0.15, -0.1) is 0 Å². The minimum absolute atomic E-state index is 0.193. The molecule has 0 radical (unpaired) electrons. The molecule has 1 aromatic heterocycles. The maximum absolute atomic E-state index is 12.3. The number of methoxy groups -OCH3 is 1. The number of hydrogen-bond acceptors (Lipinski definition) is 5. The summed E-state index contributed by atoms with van der Waals surface area (Å²) in [6, 6.07) is 13.9. The average molecular weight is 376 g/mol. The molecular formula is C22H24N4O2. The number of carbonyl (C=O) groups is 1. The maximum Gasteiger partial charge on any atom is 0.254 e. The SMILES string of the molecule is COc1cccc(CCNC(=O)c2cnc(Nc3cc(C)ccc3C)nc2)c1. The number of anilines is 2. The zero-order chi connectivity index (χ0) is 19.9. The van der Waals surface area contributed by atoms with Gasteiger partial charge in [-0.25, -0.2) is 9.97 Å². The van der Waals surface area contributed by atoms with Crippen LogP contribution in [0.15, 0.2) is 54.9 Å².